The molecule has 5 heteroatoms. The summed E-state index contributed by atoms with van der Waals surface area (Å²) >= 11 is 6.41. The number of allylic oxidation sites excluding steroid dienone is 2. The Morgan fingerprint density at radius 1 is 1.36 bits per heavy atom. The second-order valence-electron chi connectivity index (χ2n) is 5.81. The fourth-order valence-corrected chi connectivity index (χ4v) is 2.96. The second-order valence-corrected chi connectivity index (χ2v) is 6.22. The maximum Gasteiger partial charge on any atom is 0.144 e. The number of nitrogens with one attached hydrogen (secondary N) is 1. The van der Waals surface area contributed by atoms with E-state index in [9.17, 15) is 4.79 Å². The first kappa shape index (κ1) is 21.0. The Balaban J connectivity index is 0.00000151. The molecule has 0 radical (unpaired) electrons. The van der Waals surface area contributed by atoms with E-state index in [1.807, 2.05) is 58.2 Å². The van der Waals surface area contributed by atoms with Gasteiger partial charge in [-0.3, -0.25) is 9.48 Å². The van der Waals surface area contributed by atoms with Crippen LogP contribution in [0.2, 0.25) is 5.02 Å². The van der Waals surface area contributed by atoms with Crippen molar-refractivity contribution in [2.75, 3.05) is 5.32 Å². The van der Waals surface area contributed by atoms with Gasteiger partial charge in [-0.2, -0.15) is 5.10 Å². The van der Waals surface area contributed by atoms with Crippen molar-refractivity contribution in [3.05, 3.63) is 58.4 Å². The molecule has 1 aromatic heterocycles. The van der Waals surface area contributed by atoms with Crippen molar-refractivity contribution in [2.45, 2.75) is 46.5 Å². The molecule has 1 heterocycles. The van der Waals surface area contributed by atoms with Gasteiger partial charge in [-0.15, -0.1) is 0 Å². The van der Waals surface area contributed by atoms with Gasteiger partial charge in [-0.1, -0.05) is 50.6 Å². The second kappa shape index (κ2) is 9.42. The van der Waals surface area contributed by atoms with E-state index in [1.54, 1.807) is 4.68 Å². The number of aryl methyl sites for hydroxylation is 1. The minimum absolute atomic E-state index is 0.279. The molecule has 1 atom stereocenters. The molecule has 4 nitrogen and oxygen atoms in total. The zero-order valence-electron chi connectivity index (χ0n) is 15.9. The number of hydrogen-bond donors (Lipinski definition) is 1. The summed E-state index contributed by atoms with van der Waals surface area (Å²) < 4.78 is 1.78. The molecule has 0 aliphatic carbocycles. The molecule has 25 heavy (non-hydrogen) atoms. The monoisotopic (exact) mass is 361 g/mol. The minimum atomic E-state index is -0.279. The molecule has 2 rings (SSSR count). The van der Waals surface area contributed by atoms with Crippen molar-refractivity contribution in [1.29, 1.82) is 0 Å². The van der Waals surface area contributed by atoms with Gasteiger partial charge in [0.2, 0.25) is 0 Å². The van der Waals surface area contributed by atoms with Crippen molar-refractivity contribution in [2.24, 2.45) is 7.05 Å². The summed E-state index contributed by atoms with van der Waals surface area (Å²) in [6.45, 7) is 10.1. The standard InChI is InChI=1S/C18H22ClN3O.C2H6/c1-5-18(3,14-8-6-7-9-15(14)19)16-12-17(22(4)21-16)20-13(2)10-11-23;1-2/h6-12,20H,5H2,1-4H3;1-2H3/b13-10-;. The van der Waals surface area contributed by atoms with Crippen LogP contribution in [0, 0.1) is 0 Å². The normalized spacial score (nSPS) is 13.5. The predicted molar refractivity (Wildman–Crippen MR) is 106 cm³/mol. The fourth-order valence-electron chi connectivity index (χ4n) is 2.62. The third-order valence-corrected chi connectivity index (χ3v) is 4.59. The van der Waals surface area contributed by atoms with E-state index in [4.69, 9.17) is 11.6 Å². The van der Waals surface area contributed by atoms with E-state index >= 15 is 0 Å². The maximum atomic E-state index is 10.6. The first-order chi connectivity index (χ1) is 11.9. The van der Waals surface area contributed by atoms with Gasteiger partial charge in [0.1, 0.15) is 12.1 Å². The Hall–Kier alpha value is -2.07. The number of carbonyl (C=O) groups excluding carboxylic acids is 1. The van der Waals surface area contributed by atoms with E-state index in [0.29, 0.717) is 0 Å². The van der Waals surface area contributed by atoms with Crippen molar-refractivity contribution >= 4 is 23.7 Å². The third kappa shape index (κ3) is 4.73. The lowest BCUT2D eigenvalue weighted by molar-refractivity contribution is -0.104. The van der Waals surface area contributed by atoms with Crippen molar-refractivity contribution in [1.82, 2.24) is 9.78 Å². The molecule has 0 saturated heterocycles. The van der Waals surface area contributed by atoms with Crippen LogP contribution in [-0.4, -0.2) is 16.1 Å². The molecule has 1 aromatic carbocycles. The lowest BCUT2D eigenvalue weighted by Crippen LogP contribution is -2.24. The molecule has 0 aliphatic heterocycles. The number of benzene rings is 1. The number of nitrogens with zero attached hydrogens (tertiary/aromatic N) is 2. The zero-order chi connectivity index (χ0) is 19.0. The summed E-state index contributed by atoms with van der Waals surface area (Å²) in [6.07, 6.45) is 3.12. The summed E-state index contributed by atoms with van der Waals surface area (Å²) in [5.74, 6) is 0.835. The van der Waals surface area contributed by atoms with Gasteiger partial charge in [0.25, 0.3) is 0 Å². The van der Waals surface area contributed by atoms with Gasteiger partial charge in [0, 0.05) is 29.2 Å². The van der Waals surface area contributed by atoms with E-state index < -0.39 is 0 Å². The van der Waals surface area contributed by atoms with Crippen LogP contribution in [0.15, 0.2) is 42.1 Å². The number of aldehydes is 1. The Kier molecular flexibility index (Phi) is 7.91. The highest BCUT2D eigenvalue weighted by atomic mass is 35.5. The van der Waals surface area contributed by atoms with E-state index in [-0.39, 0.29) is 5.41 Å². The van der Waals surface area contributed by atoms with Crippen LogP contribution >= 0.6 is 11.6 Å². The van der Waals surface area contributed by atoms with Gasteiger partial charge >= 0.3 is 0 Å². The Bertz CT molecular complexity index is 736. The molecular weight excluding hydrogens is 334 g/mol. The molecule has 1 unspecified atom stereocenters. The molecular formula is C20H28ClN3O. The fraction of sp³-hybridized carbons (Fsp3) is 0.400. The lowest BCUT2D eigenvalue weighted by atomic mass is 9.77. The summed E-state index contributed by atoms with van der Waals surface area (Å²) in [5, 5.41) is 8.60. The Morgan fingerprint density at radius 2 is 2.00 bits per heavy atom. The SMILES string of the molecule is CC.CCC(C)(c1cc(N/C(C)=C\C=O)n(C)n1)c1ccccc1Cl. The van der Waals surface area contributed by atoms with Crippen LogP contribution in [0.1, 0.15) is 52.3 Å². The van der Waals surface area contributed by atoms with Crippen LogP contribution < -0.4 is 5.32 Å². The summed E-state index contributed by atoms with van der Waals surface area (Å²) in [5.41, 5.74) is 2.50. The Labute approximate surface area is 155 Å². The first-order valence-corrected chi connectivity index (χ1v) is 8.98. The van der Waals surface area contributed by atoms with Crippen LogP contribution in [0.3, 0.4) is 0 Å². The molecule has 0 spiro atoms. The smallest absolute Gasteiger partial charge is 0.144 e. The highest BCUT2D eigenvalue weighted by molar-refractivity contribution is 6.31. The highest BCUT2D eigenvalue weighted by Gasteiger charge is 2.32. The quantitative estimate of drug-likeness (QED) is 0.558. The lowest BCUT2D eigenvalue weighted by Gasteiger charge is -2.27. The molecule has 0 bridgehead atoms. The van der Waals surface area contributed by atoms with Gasteiger partial charge in [-0.25, -0.2) is 0 Å². The number of carbonyl (C=O) groups is 1. The predicted octanol–water partition coefficient (Wildman–Crippen LogP) is 5.33. The van der Waals surface area contributed by atoms with Crippen LogP contribution in [0.5, 0.6) is 0 Å². The largest absolute Gasteiger partial charge is 0.344 e. The van der Waals surface area contributed by atoms with Gasteiger partial charge in [0.05, 0.1) is 5.69 Å². The van der Waals surface area contributed by atoms with E-state index in [2.05, 4.69) is 24.3 Å². The summed E-state index contributed by atoms with van der Waals surface area (Å²) in [7, 11) is 1.88. The zero-order valence-corrected chi connectivity index (χ0v) is 16.7. The Morgan fingerprint density at radius 3 is 2.56 bits per heavy atom. The molecule has 0 aliphatic rings. The number of anilines is 1. The maximum absolute atomic E-state index is 10.6. The molecule has 136 valence electrons. The number of hydrogen-bond acceptors (Lipinski definition) is 3. The highest BCUT2D eigenvalue weighted by Crippen LogP contribution is 2.39. The van der Waals surface area contributed by atoms with Crippen molar-refractivity contribution in [3.8, 4) is 0 Å². The first-order valence-electron chi connectivity index (χ1n) is 8.61. The summed E-state index contributed by atoms with van der Waals surface area (Å²) in [4.78, 5) is 10.6. The number of halogens is 1. The average molecular weight is 362 g/mol. The third-order valence-electron chi connectivity index (χ3n) is 4.26. The number of aromatic nitrogens is 2. The van der Waals surface area contributed by atoms with Crippen molar-refractivity contribution in [3.63, 3.8) is 0 Å². The molecule has 0 saturated carbocycles. The average Bonchev–Trinajstić information content (AvgIpc) is 2.98. The van der Waals surface area contributed by atoms with Gasteiger partial charge in [-0.05, 0) is 38.0 Å². The van der Waals surface area contributed by atoms with Crippen LogP contribution in [-0.2, 0) is 17.3 Å². The minimum Gasteiger partial charge on any atom is -0.344 e. The topological polar surface area (TPSA) is 46.9 Å². The summed E-state index contributed by atoms with van der Waals surface area (Å²) in [6, 6.07) is 9.89. The van der Waals surface area contributed by atoms with E-state index in [1.165, 1.54) is 6.08 Å². The van der Waals surface area contributed by atoms with Crippen LogP contribution in [0.4, 0.5) is 5.82 Å². The van der Waals surface area contributed by atoms with Crippen molar-refractivity contribution < 1.29 is 4.79 Å². The molecule has 0 fully saturated rings. The van der Waals surface area contributed by atoms with Gasteiger partial charge < -0.3 is 5.32 Å². The molecule has 2 aromatic rings. The van der Waals surface area contributed by atoms with Gasteiger partial charge in [0.15, 0.2) is 0 Å². The molecule has 1 N–H and O–H groups in total. The molecule has 0 amide bonds. The van der Waals surface area contributed by atoms with E-state index in [0.717, 1.165) is 40.5 Å². The van der Waals surface area contributed by atoms with Crippen LogP contribution in [0.25, 0.3) is 0 Å². The number of rotatable bonds is 6.